The Morgan fingerprint density at radius 2 is 1.50 bits per heavy atom. The molecule has 1 aliphatic heterocycles. The number of hydrogen-bond donors (Lipinski definition) is 0. The van der Waals surface area contributed by atoms with Crippen LogP contribution in [0.1, 0.15) is 18.1 Å². The van der Waals surface area contributed by atoms with Crippen LogP contribution >= 0.6 is 0 Å². The number of rotatable bonds is 5. The van der Waals surface area contributed by atoms with Crippen molar-refractivity contribution in [2.75, 3.05) is 26.2 Å². The molecule has 1 amide bonds. The number of amides is 1. The lowest BCUT2D eigenvalue weighted by Gasteiger charge is -2.34. The van der Waals surface area contributed by atoms with Gasteiger partial charge in [-0.25, -0.2) is 4.79 Å². The summed E-state index contributed by atoms with van der Waals surface area (Å²) in [5.41, 5.74) is 1.51. The maximum Gasteiger partial charge on any atom is 0.416 e. The van der Waals surface area contributed by atoms with Crippen LogP contribution in [0.5, 0.6) is 0 Å². The van der Waals surface area contributed by atoms with Gasteiger partial charge in [-0.1, -0.05) is 24.3 Å². The molecule has 1 saturated heterocycles. The second kappa shape index (κ2) is 8.82. The van der Waals surface area contributed by atoms with Crippen molar-refractivity contribution < 1.29 is 18.0 Å². The minimum absolute atomic E-state index is 0.00868. The van der Waals surface area contributed by atoms with Crippen LogP contribution in [0.3, 0.4) is 0 Å². The molecule has 3 aromatic rings. The van der Waals surface area contributed by atoms with Crippen LogP contribution in [0.4, 0.5) is 13.2 Å². The van der Waals surface area contributed by atoms with E-state index in [4.69, 9.17) is 0 Å². The normalized spacial score (nSPS) is 15.4. The number of nitrogens with zero attached hydrogens (tertiary/aromatic N) is 4. The van der Waals surface area contributed by atoms with E-state index in [-0.39, 0.29) is 18.1 Å². The van der Waals surface area contributed by atoms with Gasteiger partial charge in [-0.15, -0.1) is 0 Å². The van der Waals surface area contributed by atoms with Crippen molar-refractivity contribution in [1.82, 2.24) is 18.9 Å². The van der Waals surface area contributed by atoms with Gasteiger partial charge in [-0.2, -0.15) is 13.2 Å². The van der Waals surface area contributed by atoms with E-state index in [9.17, 15) is 22.8 Å². The van der Waals surface area contributed by atoms with Crippen molar-refractivity contribution in [3.8, 4) is 0 Å². The minimum atomic E-state index is -4.34. The van der Waals surface area contributed by atoms with Crippen LogP contribution < -0.4 is 5.69 Å². The lowest BCUT2D eigenvalue weighted by atomic mass is 10.1. The van der Waals surface area contributed by atoms with Gasteiger partial charge in [0.05, 0.1) is 16.6 Å². The van der Waals surface area contributed by atoms with Gasteiger partial charge in [-0.05, 0) is 36.8 Å². The fourth-order valence-corrected chi connectivity index (χ4v) is 4.18. The smallest absolute Gasteiger partial charge is 0.339 e. The number of hydrogen-bond acceptors (Lipinski definition) is 3. The number of imidazole rings is 1. The molecule has 0 unspecified atom stereocenters. The van der Waals surface area contributed by atoms with E-state index in [2.05, 4.69) is 4.90 Å². The van der Waals surface area contributed by atoms with E-state index >= 15 is 0 Å². The third-order valence-corrected chi connectivity index (χ3v) is 5.95. The first-order valence-corrected chi connectivity index (χ1v) is 10.6. The van der Waals surface area contributed by atoms with Crippen LogP contribution in [0.2, 0.25) is 0 Å². The molecule has 1 aromatic heterocycles. The molecular formula is C23H25F3N4O2. The molecule has 1 aliphatic rings. The van der Waals surface area contributed by atoms with E-state index in [1.54, 1.807) is 9.47 Å². The third kappa shape index (κ3) is 4.43. The molecule has 1 fully saturated rings. The van der Waals surface area contributed by atoms with Crippen molar-refractivity contribution in [3.63, 3.8) is 0 Å². The van der Waals surface area contributed by atoms with Gasteiger partial charge in [0.25, 0.3) is 0 Å². The van der Waals surface area contributed by atoms with Crippen LogP contribution in [0.25, 0.3) is 11.0 Å². The van der Waals surface area contributed by atoms with Gasteiger partial charge < -0.3 is 4.90 Å². The Kier molecular flexibility index (Phi) is 6.10. The highest BCUT2D eigenvalue weighted by Crippen LogP contribution is 2.29. The summed E-state index contributed by atoms with van der Waals surface area (Å²) >= 11 is 0. The molecule has 4 rings (SSSR count). The molecule has 32 heavy (non-hydrogen) atoms. The Morgan fingerprint density at radius 1 is 0.906 bits per heavy atom. The summed E-state index contributed by atoms with van der Waals surface area (Å²) in [6.45, 7) is 5.23. The molecule has 0 bridgehead atoms. The molecule has 170 valence electrons. The largest absolute Gasteiger partial charge is 0.416 e. The Hall–Kier alpha value is -3.07. The first-order chi connectivity index (χ1) is 15.3. The van der Waals surface area contributed by atoms with Crippen LogP contribution in [-0.2, 0) is 30.6 Å². The third-order valence-electron chi connectivity index (χ3n) is 5.95. The molecule has 9 heteroatoms. The molecule has 0 spiro atoms. The quantitative estimate of drug-likeness (QED) is 0.605. The Labute approximate surface area is 183 Å². The number of benzene rings is 2. The first kappa shape index (κ1) is 22.1. The van der Waals surface area contributed by atoms with Gasteiger partial charge in [0.2, 0.25) is 5.91 Å². The number of fused-ring (bicyclic) bond motifs is 1. The summed E-state index contributed by atoms with van der Waals surface area (Å²) in [5.74, 6) is -0.111. The highest BCUT2D eigenvalue weighted by atomic mass is 19.4. The lowest BCUT2D eigenvalue weighted by Crippen LogP contribution is -2.49. The first-order valence-electron chi connectivity index (χ1n) is 10.6. The maximum atomic E-state index is 12.9. The fourth-order valence-electron chi connectivity index (χ4n) is 4.18. The zero-order valence-corrected chi connectivity index (χ0v) is 17.8. The standard InChI is InChI=1S/C23H25F3N4O2/c1-2-29-19-5-3-4-6-20(19)30(22(29)32)16-21(31)28-13-11-27(12-14-28)15-17-7-9-18(10-8-17)23(24,25)26/h3-10H,2,11-16H2,1H3. The number of para-hydroxylation sites is 2. The number of aryl methyl sites for hydroxylation is 1. The van der Waals surface area contributed by atoms with E-state index in [0.29, 0.717) is 39.3 Å². The average Bonchev–Trinajstić information content (AvgIpc) is 3.04. The summed E-state index contributed by atoms with van der Waals surface area (Å²) < 4.78 is 41.3. The van der Waals surface area contributed by atoms with Crippen molar-refractivity contribution >= 4 is 16.9 Å². The summed E-state index contributed by atoms with van der Waals surface area (Å²) in [7, 11) is 0. The molecule has 0 aliphatic carbocycles. The Balaban J connectivity index is 1.37. The van der Waals surface area contributed by atoms with E-state index < -0.39 is 11.7 Å². The van der Waals surface area contributed by atoms with Gasteiger partial charge in [0, 0.05) is 39.3 Å². The minimum Gasteiger partial charge on any atom is -0.339 e. The molecular weight excluding hydrogens is 421 g/mol. The highest BCUT2D eigenvalue weighted by molar-refractivity contribution is 5.81. The van der Waals surface area contributed by atoms with Crippen LogP contribution in [0, 0.1) is 0 Å². The monoisotopic (exact) mass is 446 g/mol. The summed E-state index contributed by atoms with van der Waals surface area (Å²) in [6, 6.07) is 12.6. The Bertz CT molecular complexity index is 1160. The molecule has 0 radical (unpaired) electrons. The number of alkyl halides is 3. The molecule has 0 saturated carbocycles. The lowest BCUT2D eigenvalue weighted by molar-refractivity contribution is -0.137. The fraction of sp³-hybridized carbons (Fsp3) is 0.391. The second-order valence-corrected chi connectivity index (χ2v) is 7.95. The summed E-state index contributed by atoms with van der Waals surface area (Å²) in [5, 5.41) is 0. The average molecular weight is 446 g/mol. The van der Waals surface area contributed by atoms with E-state index in [1.165, 1.54) is 16.7 Å². The molecule has 6 nitrogen and oxygen atoms in total. The molecule has 0 atom stereocenters. The molecule has 0 N–H and O–H groups in total. The van der Waals surface area contributed by atoms with Crippen molar-refractivity contribution in [1.29, 1.82) is 0 Å². The maximum absolute atomic E-state index is 12.9. The molecule has 2 aromatic carbocycles. The van der Waals surface area contributed by atoms with Crippen molar-refractivity contribution in [2.45, 2.75) is 32.7 Å². The molecule has 2 heterocycles. The van der Waals surface area contributed by atoms with E-state index in [1.807, 2.05) is 31.2 Å². The van der Waals surface area contributed by atoms with Gasteiger partial charge in [0.1, 0.15) is 6.54 Å². The zero-order chi connectivity index (χ0) is 22.9. The van der Waals surface area contributed by atoms with Crippen LogP contribution in [0.15, 0.2) is 53.3 Å². The number of halogens is 3. The van der Waals surface area contributed by atoms with E-state index in [0.717, 1.165) is 28.7 Å². The van der Waals surface area contributed by atoms with Crippen LogP contribution in [-0.4, -0.2) is 51.0 Å². The van der Waals surface area contributed by atoms with Gasteiger partial charge in [-0.3, -0.25) is 18.8 Å². The van der Waals surface area contributed by atoms with Crippen molar-refractivity contribution in [2.24, 2.45) is 0 Å². The summed E-state index contributed by atoms with van der Waals surface area (Å²) in [6.07, 6.45) is -4.34. The SMILES string of the molecule is CCn1c(=O)n(CC(=O)N2CCN(Cc3ccc(C(F)(F)F)cc3)CC2)c2ccccc21. The second-order valence-electron chi connectivity index (χ2n) is 7.95. The number of piperazine rings is 1. The predicted octanol–water partition coefficient (Wildman–Crippen LogP) is 3.19. The topological polar surface area (TPSA) is 50.5 Å². The number of aromatic nitrogens is 2. The Morgan fingerprint density at radius 3 is 2.06 bits per heavy atom. The van der Waals surface area contributed by atoms with Crippen molar-refractivity contribution in [3.05, 3.63) is 70.1 Å². The summed E-state index contributed by atoms with van der Waals surface area (Å²) in [4.78, 5) is 29.5. The highest BCUT2D eigenvalue weighted by Gasteiger charge is 2.30. The number of carbonyl (C=O) groups excluding carboxylic acids is 1. The predicted molar refractivity (Wildman–Crippen MR) is 115 cm³/mol. The van der Waals surface area contributed by atoms with Gasteiger partial charge in [0.15, 0.2) is 0 Å². The van der Waals surface area contributed by atoms with Gasteiger partial charge >= 0.3 is 11.9 Å². The zero-order valence-electron chi connectivity index (χ0n) is 17.8. The number of carbonyl (C=O) groups is 1.